The standard InChI is InChI=1S/C14H15N3O4/c1-8-14(9(2)16(4)15-8)21-11-5-6-13(17(19)20)12(7-11)10(3)18/h5-7H,1-4H3. The Hall–Kier alpha value is -2.70. The lowest BCUT2D eigenvalue weighted by Gasteiger charge is -2.07. The minimum atomic E-state index is -0.582. The first-order valence-electron chi connectivity index (χ1n) is 6.28. The van der Waals surface area contributed by atoms with E-state index in [4.69, 9.17) is 4.74 Å². The van der Waals surface area contributed by atoms with Gasteiger partial charge in [0.2, 0.25) is 0 Å². The molecule has 2 rings (SSSR count). The molecule has 0 fully saturated rings. The van der Waals surface area contributed by atoms with Crippen molar-refractivity contribution < 1.29 is 14.5 Å². The van der Waals surface area contributed by atoms with Gasteiger partial charge in [0.15, 0.2) is 11.5 Å². The van der Waals surface area contributed by atoms with Crippen molar-refractivity contribution in [3.63, 3.8) is 0 Å². The number of carbonyl (C=O) groups is 1. The van der Waals surface area contributed by atoms with Crippen LogP contribution >= 0.6 is 0 Å². The van der Waals surface area contributed by atoms with Gasteiger partial charge in [0.05, 0.1) is 16.2 Å². The molecule has 1 aromatic carbocycles. The highest BCUT2D eigenvalue weighted by molar-refractivity contribution is 5.98. The van der Waals surface area contributed by atoms with Gasteiger partial charge in [-0.25, -0.2) is 0 Å². The maximum atomic E-state index is 11.5. The van der Waals surface area contributed by atoms with Gasteiger partial charge in [-0.05, 0) is 32.9 Å². The SMILES string of the molecule is CC(=O)c1cc(Oc2c(C)nn(C)c2C)ccc1[N+](=O)[O-]. The average molecular weight is 289 g/mol. The topological polar surface area (TPSA) is 87.3 Å². The van der Waals surface area contributed by atoms with E-state index < -0.39 is 4.92 Å². The van der Waals surface area contributed by atoms with Gasteiger partial charge >= 0.3 is 0 Å². The van der Waals surface area contributed by atoms with Crippen molar-refractivity contribution in [2.45, 2.75) is 20.8 Å². The van der Waals surface area contributed by atoms with Crippen molar-refractivity contribution in [3.8, 4) is 11.5 Å². The number of Topliss-reactive ketones (excluding diaryl/α,β-unsaturated/α-hetero) is 1. The van der Waals surface area contributed by atoms with Crippen LogP contribution in [-0.4, -0.2) is 20.5 Å². The fraction of sp³-hybridized carbons (Fsp3) is 0.286. The Bertz CT molecular complexity index is 734. The van der Waals surface area contributed by atoms with Gasteiger partial charge in [0.1, 0.15) is 11.4 Å². The second-order valence-electron chi connectivity index (χ2n) is 4.72. The van der Waals surface area contributed by atoms with Crippen molar-refractivity contribution >= 4 is 11.5 Å². The van der Waals surface area contributed by atoms with Gasteiger partial charge in [-0.1, -0.05) is 0 Å². The highest BCUT2D eigenvalue weighted by Crippen LogP contribution is 2.31. The number of ketones is 1. The fourth-order valence-corrected chi connectivity index (χ4v) is 2.04. The summed E-state index contributed by atoms with van der Waals surface area (Å²) in [6.45, 7) is 4.94. The van der Waals surface area contributed by atoms with Crippen LogP contribution in [0, 0.1) is 24.0 Å². The largest absolute Gasteiger partial charge is 0.453 e. The molecule has 0 saturated heterocycles. The Kier molecular flexibility index (Phi) is 3.75. The summed E-state index contributed by atoms with van der Waals surface area (Å²) in [5.74, 6) is 0.567. The highest BCUT2D eigenvalue weighted by Gasteiger charge is 2.19. The molecule has 110 valence electrons. The van der Waals surface area contributed by atoms with Gasteiger partial charge in [-0.3, -0.25) is 19.6 Å². The summed E-state index contributed by atoms with van der Waals surface area (Å²) < 4.78 is 7.41. The van der Waals surface area contributed by atoms with E-state index in [9.17, 15) is 14.9 Å². The molecule has 0 spiro atoms. The van der Waals surface area contributed by atoms with E-state index in [1.54, 1.807) is 18.7 Å². The first-order chi connectivity index (χ1) is 9.81. The number of nitro benzene ring substituents is 1. The fourth-order valence-electron chi connectivity index (χ4n) is 2.04. The second kappa shape index (κ2) is 5.35. The molecule has 0 unspecified atom stereocenters. The van der Waals surface area contributed by atoms with Crippen LogP contribution < -0.4 is 4.74 Å². The molecule has 0 radical (unpaired) electrons. The molecular formula is C14H15N3O4. The second-order valence-corrected chi connectivity index (χ2v) is 4.72. The predicted molar refractivity (Wildman–Crippen MR) is 75.9 cm³/mol. The lowest BCUT2D eigenvalue weighted by molar-refractivity contribution is -0.385. The Morgan fingerprint density at radius 1 is 1.38 bits per heavy atom. The third-order valence-electron chi connectivity index (χ3n) is 3.21. The molecule has 0 aliphatic rings. The quantitative estimate of drug-likeness (QED) is 0.490. The number of aromatic nitrogens is 2. The molecule has 1 heterocycles. The summed E-state index contributed by atoms with van der Waals surface area (Å²) in [4.78, 5) is 21.9. The zero-order valence-electron chi connectivity index (χ0n) is 12.2. The smallest absolute Gasteiger partial charge is 0.280 e. The number of nitrogens with zero attached hydrogens (tertiary/aromatic N) is 3. The molecule has 0 N–H and O–H groups in total. The molecule has 0 aliphatic heterocycles. The third-order valence-corrected chi connectivity index (χ3v) is 3.21. The van der Waals surface area contributed by atoms with Crippen LogP contribution in [0.4, 0.5) is 5.69 Å². The maximum Gasteiger partial charge on any atom is 0.280 e. The Balaban J connectivity index is 2.44. The van der Waals surface area contributed by atoms with E-state index in [1.807, 2.05) is 6.92 Å². The monoisotopic (exact) mass is 289 g/mol. The Morgan fingerprint density at radius 3 is 2.52 bits per heavy atom. The number of hydrogen-bond donors (Lipinski definition) is 0. The van der Waals surface area contributed by atoms with Crippen LogP contribution in [0.5, 0.6) is 11.5 Å². The zero-order chi connectivity index (χ0) is 15.7. The molecule has 21 heavy (non-hydrogen) atoms. The van der Waals surface area contributed by atoms with Crippen LogP contribution in [0.2, 0.25) is 0 Å². The molecule has 7 heteroatoms. The maximum absolute atomic E-state index is 11.5. The molecule has 2 aromatic rings. The van der Waals surface area contributed by atoms with Gasteiger partial charge in [-0.15, -0.1) is 0 Å². The lowest BCUT2D eigenvalue weighted by Crippen LogP contribution is -2.01. The van der Waals surface area contributed by atoms with Gasteiger partial charge in [0, 0.05) is 13.1 Å². The number of ether oxygens (including phenoxy) is 1. The van der Waals surface area contributed by atoms with E-state index >= 15 is 0 Å². The summed E-state index contributed by atoms with van der Waals surface area (Å²) in [5.41, 5.74) is 1.33. The number of carbonyl (C=O) groups excluding carboxylic acids is 1. The number of hydrogen-bond acceptors (Lipinski definition) is 5. The summed E-state index contributed by atoms with van der Waals surface area (Å²) in [6.07, 6.45) is 0. The summed E-state index contributed by atoms with van der Waals surface area (Å²) in [7, 11) is 1.80. The molecular weight excluding hydrogens is 274 g/mol. The predicted octanol–water partition coefficient (Wildman–Crippen LogP) is 2.94. The highest BCUT2D eigenvalue weighted by atomic mass is 16.6. The molecule has 0 saturated carbocycles. The minimum Gasteiger partial charge on any atom is -0.453 e. The van der Waals surface area contributed by atoms with Gasteiger partial charge in [-0.2, -0.15) is 5.10 Å². The van der Waals surface area contributed by atoms with E-state index in [0.717, 1.165) is 5.69 Å². The van der Waals surface area contributed by atoms with Crippen LogP contribution in [0.3, 0.4) is 0 Å². The molecule has 0 bridgehead atoms. The molecule has 7 nitrogen and oxygen atoms in total. The molecule has 1 aromatic heterocycles. The van der Waals surface area contributed by atoms with E-state index in [1.165, 1.54) is 25.1 Å². The first-order valence-corrected chi connectivity index (χ1v) is 6.28. The van der Waals surface area contributed by atoms with Crippen molar-refractivity contribution in [2.24, 2.45) is 7.05 Å². The number of nitro groups is 1. The summed E-state index contributed by atoms with van der Waals surface area (Å²) >= 11 is 0. The van der Waals surface area contributed by atoms with Crippen molar-refractivity contribution in [1.29, 1.82) is 0 Å². The first kappa shape index (κ1) is 14.7. The number of aryl methyl sites for hydroxylation is 2. The molecule has 0 atom stereocenters. The van der Waals surface area contributed by atoms with Crippen LogP contribution in [0.15, 0.2) is 18.2 Å². The molecule has 0 aliphatic carbocycles. The normalized spacial score (nSPS) is 10.5. The van der Waals surface area contributed by atoms with Crippen LogP contribution in [-0.2, 0) is 7.05 Å². The summed E-state index contributed by atoms with van der Waals surface area (Å²) in [5, 5.41) is 15.1. The summed E-state index contributed by atoms with van der Waals surface area (Å²) in [6, 6.07) is 4.12. The van der Waals surface area contributed by atoms with E-state index in [-0.39, 0.29) is 17.0 Å². The van der Waals surface area contributed by atoms with Crippen LogP contribution in [0.1, 0.15) is 28.7 Å². The Morgan fingerprint density at radius 2 is 2.05 bits per heavy atom. The van der Waals surface area contributed by atoms with Gasteiger partial charge < -0.3 is 4.74 Å². The van der Waals surface area contributed by atoms with Crippen LogP contribution in [0.25, 0.3) is 0 Å². The third kappa shape index (κ3) is 2.76. The lowest BCUT2D eigenvalue weighted by atomic mass is 10.1. The van der Waals surface area contributed by atoms with Crippen molar-refractivity contribution in [3.05, 3.63) is 45.3 Å². The van der Waals surface area contributed by atoms with Crippen molar-refractivity contribution in [1.82, 2.24) is 9.78 Å². The zero-order valence-corrected chi connectivity index (χ0v) is 12.2. The number of benzene rings is 1. The minimum absolute atomic E-state index is 0.0247. The number of rotatable bonds is 4. The average Bonchev–Trinajstić information content (AvgIpc) is 2.65. The van der Waals surface area contributed by atoms with E-state index in [2.05, 4.69) is 5.10 Å². The van der Waals surface area contributed by atoms with Gasteiger partial charge in [0.25, 0.3) is 5.69 Å². The molecule has 0 amide bonds. The Labute approximate surface area is 121 Å². The van der Waals surface area contributed by atoms with Crippen molar-refractivity contribution in [2.75, 3.05) is 0 Å². The van der Waals surface area contributed by atoms with E-state index in [0.29, 0.717) is 17.2 Å².